The van der Waals surface area contributed by atoms with Gasteiger partial charge < -0.3 is 9.30 Å². The van der Waals surface area contributed by atoms with E-state index < -0.39 is 8.07 Å². The highest BCUT2D eigenvalue weighted by molar-refractivity contribution is 6.91. The van der Waals surface area contributed by atoms with Gasteiger partial charge in [0.25, 0.3) is 0 Å². The van der Waals surface area contributed by atoms with Crippen molar-refractivity contribution in [3.63, 3.8) is 0 Å². The average molecular weight is 509 g/mol. The van der Waals surface area contributed by atoms with Gasteiger partial charge in [0.05, 0.1) is 6.61 Å². The molecule has 0 saturated heterocycles. The van der Waals surface area contributed by atoms with Crippen LogP contribution in [0, 0.1) is 11.7 Å². The van der Waals surface area contributed by atoms with Crippen molar-refractivity contribution >= 4 is 24.3 Å². The number of hydrogen-bond acceptors (Lipinski definition) is 2. The van der Waals surface area contributed by atoms with Crippen molar-refractivity contribution in [2.75, 3.05) is 20.7 Å². The van der Waals surface area contributed by atoms with Gasteiger partial charge in [-0.2, -0.15) is 0 Å². The molecule has 0 unspecified atom stereocenters. The fourth-order valence-corrected chi connectivity index (χ4v) is 11.1. The van der Waals surface area contributed by atoms with E-state index in [2.05, 4.69) is 81.7 Å². The van der Waals surface area contributed by atoms with Crippen LogP contribution in [0.25, 0.3) is 10.9 Å². The summed E-state index contributed by atoms with van der Waals surface area (Å²) < 4.78 is 23.2. The number of nitrogens with zero attached hydrogens (tertiary/aromatic N) is 2. The smallest absolute Gasteiger partial charge is 0.123 e. The Morgan fingerprint density at radius 3 is 2.22 bits per heavy atom. The molecule has 3 aromatic rings. The molecule has 2 aromatic carbocycles. The molecular weight excluding hydrogens is 463 g/mol. The van der Waals surface area contributed by atoms with Crippen molar-refractivity contribution in [3.8, 4) is 0 Å². The molecule has 3 nitrogen and oxygen atoms in total. The van der Waals surface area contributed by atoms with Gasteiger partial charge in [-0.05, 0) is 69.5 Å². The number of halogens is 1. The van der Waals surface area contributed by atoms with Crippen LogP contribution in [0.4, 0.5) is 4.39 Å². The molecule has 0 amide bonds. The Kier molecular flexibility index (Phi) is 8.43. The van der Waals surface area contributed by atoms with Gasteiger partial charge in [0.2, 0.25) is 0 Å². The van der Waals surface area contributed by atoms with Gasteiger partial charge in [0, 0.05) is 41.0 Å². The molecule has 0 N–H and O–H groups in total. The van der Waals surface area contributed by atoms with Gasteiger partial charge >= 0.3 is 0 Å². The molecule has 36 heavy (non-hydrogen) atoms. The number of fused-ring (bicyclic) bond motifs is 1. The SMILES string of the molecule is CC[Si](CC)(CC)c1c(COCC2CCC(c3ccccc3)(N(C)C)CC2)c2cc(F)ccc2n1C. The number of hydrogen-bond donors (Lipinski definition) is 0. The van der Waals surface area contributed by atoms with Crippen LogP contribution >= 0.6 is 0 Å². The Bertz CT molecular complexity index is 1140. The van der Waals surface area contributed by atoms with Crippen LogP contribution in [0.3, 0.4) is 0 Å². The molecule has 1 saturated carbocycles. The first kappa shape index (κ1) is 27.1. The molecule has 0 atom stereocenters. The molecule has 0 radical (unpaired) electrons. The number of ether oxygens (including phenoxy) is 1. The molecule has 196 valence electrons. The van der Waals surface area contributed by atoms with Crippen molar-refractivity contribution in [1.29, 1.82) is 0 Å². The third-order valence-electron chi connectivity index (χ3n) is 9.50. The van der Waals surface area contributed by atoms with E-state index >= 15 is 0 Å². The molecule has 0 aliphatic heterocycles. The molecule has 0 bridgehead atoms. The molecule has 1 aromatic heterocycles. The summed E-state index contributed by atoms with van der Waals surface area (Å²) in [6.45, 7) is 8.39. The Morgan fingerprint density at radius 1 is 1.00 bits per heavy atom. The largest absolute Gasteiger partial charge is 0.376 e. The highest BCUT2D eigenvalue weighted by Crippen LogP contribution is 2.43. The van der Waals surface area contributed by atoms with Crippen LogP contribution in [0.5, 0.6) is 0 Å². The van der Waals surface area contributed by atoms with Gasteiger partial charge in [0.1, 0.15) is 13.9 Å². The van der Waals surface area contributed by atoms with Crippen molar-refractivity contribution in [1.82, 2.24) is 9.47 Å². The van der Waals surface area contributed by atoms with E-state index in [1.165, 1.54) is 47.4 Å². The van der Waals surface area contributed by atoms with Crippen LogP contribution < -0.4 is 5.32 Å². The lowest BCUT2D eigenvalue weighted by atomic mass is 9.72. The van der Waals surface area contributed by atoms with Crippen LogP contribution in [-0.2, 0) is 23.9 Å². The molecule has 1 aliphatic carbocycles. The first-order valence-electron chi connectivity index (χ1n) is 13.9. The van der Waals surface area contributed by atoms with Crippen LogP contribution in [0.1, 0.15) is 57.6 Å². The number of aryl methyl sites for hydroxylation is 1. The predicted molar refractivity (Wildman–Crippen MR) is 153 cm³/mol. The lowest BCUT2D eigenvalue weighted by Crippen LogP contribution is -2.50. The van der Waals surface area contributed by atoms with Gasteiger partial charge in [-0.25, -0.2) is 4.39 Å². The standard InChI is InChI=1S/C31H45FN2OSi/c1-7-36(8-2,9-3)30-28(27-21-26(32)15-16-29(27)34(30)6)23-35-22-24-17-19-31(20-18-24,33(4)5)25-13-11-10-12-14-25/h10-16,21,24H,7-9,17-20,22-23H2,1-6H3. The van der Waals surface area contributed by atoms with Crippen molar-refractivity contribution in [2.45, 2.75) is 76.7 Å². The highest BCUT2D eigenvalue weighted by Gasteiger charge is 2.39. The van der Waals surface area contributed by atoms with Gasteiger partial charge in [-0.3, -0.25) is 4.90 Å². The molecule has 1 heterocycles. The summed E-state index contributed by atoms with van der Waals surface area (Å²) in [4.78, 5) is 2.42. The summed E-state index contributed by atoms with van der Waals surface area (Å²) in [7, 11) is 4.92. The second kappa shape index (κ2) is 11.2. The highest BCUT2D eigenvalue weighted by atomic mass is 28.3. The van der Waals surface area contributed by atoms with Crippen molar-refractivity contribution < 1.29 is 9.13 Å². The minimum Gasteiger partial charge on any atom is -0.376 e. The Morgan fingerprint density at radius 2 is 1.64 bits per heavy atom. The first-order valence-corrected chi connectivity index (χ1v) is 16.5. The van der Waals surface area contributed by atoms with Crippen molar-refractivity contribution in [3.05, 3.63) is 65.5 Å². The average Bonchev–Trinajstić information content (AvgIpc) is 3.17. The lowest BCUT2D eigenvalue weighted by molar-refractivity contribution is 0.0292. The first-order chi connectivity index (χ1) is 17.3. The number of rotatable bonds is 10. The third kappa shape index (κ3) is 4.82. The summed E-state index contributed by atoms with van der Waals surface area (Å²) in [5.41, 5.74) is 3.92. The van der Waals surface area contributed by atoms with Crippen molar-refractivity contribution in [2.24, 2.45) is 13.0 Å². The predicted octanol–water partition coefficient (Wildman–Crippen LogP) is 7.20. The maximum Gasteiger partial charge on any atom is 0.123 e. The lowest BCUT2D eigenvalue weighted by Gasteiger charge is -2.45. The zero-order chi connectivity index (χ0) is 25.9. The monoisotopic (exact) mass is 508 g/mol. The maximum absolute atomic E-state index is 14.3. The normalized spacial score (nSPS) is 20.9. The number of aromatic nitrogens is 1. The second-order valence-electron chi connectivity index (χ2n) is 11.1. The van der Waals surface area contributed by atoms with E-state index in [1.54, 1.807) is 12.1 Å². The van der Waals surface area contributed by atoms with Crippen LogP contribution in [0.2, 0.25) is 18.1 Å². The van der Waals surface area contributed by atoms with E-state index in [1.807, 2.05) is 6.07 Å². The fourth-order valence-electron chi connectivity index (χ4n) is 6.96. The van der Waals surface area contributed by atoms with Crippen LogP contribution in [0.15, 0.2) is 48.5 Å². The zero-order valence-electron chi connectivity index (χ0n) is 23.2. The number of benzene rings is 2. The topological polar surface area (TPSA) is 17.4 Å². The van der Waals surface area contributed by atoms with E-state index in [-0.39, 0.29) is 11.4 Å². The van der Waals surface area contributed by atoms with Gasteiger partial charge in [-0.1, -0.05) is 69.2 Å². The summed E-state index contributed by atoms with van der Waals surface area (Å²) in [6, 6.07) is 19.9. The van der Waals surface area contributed by atoms with E-state index in [4.69, 9.17) is 4.74 Å². The Hall–Kier alpha value is -1.95. The zero-order valence-corrected chi connectivity index (χ0v) is 24.2. The fraction of sp³-hybridized carbons (Fsp3) is 0.548. The van der Waals surface area contributed by atoms with Crippen LogP contribution in [-0.4, -0.2) is 38.2 Å². The molecule has 4 rings (SSSR count). The molecule has 5 heteroatoms. The second-order valence-corrected chi connectivity index (χ2v) is 16.3. The van der Waals surface area contributed by atoms with E-state index in [9.17, 15) is 4.39 Å². The summed E-state index contributed by atoms with van der Waals surface area (Å²) in [5, 5.41) is 2.51. The third-order valence-corrected chi connectivity index (χ3v) is 15.2. The van der Waals surface area contributed by atoms with Gasteiger partial charge in [-0.15, -0.1) is 0 Å². The molecule has 1 fully saturated rings. The maximum atomic E-state index is 14.3. The summed E-state index contributed by atoms with van der Waals surface area (Å²) in [6.07, 6.45) is 4.64. The summed E-state index contributed by atoms with van der Waals surface area (Å²) in [5.74, 6) is 0.411. The molecular formula is C31H45FN2OSi. The minimum atomic E-state index is -1.69. The van der Waals surface area contributed by atoms with E-state index in [0.717, 1.165) is 30.4 Å². The minimum absolute atomic E-state index is 0.118. The molecule has 1 aliphatic rings. The summed E-state index contributed by atoms with van der Waals surface area (Å²) >= 11 is 0. The molecule has 0 spiro atoms. The van der Waals surface area contributed by atoms with E-state index in [0.29, 0.717) is 12.5 Å². The quantitative estimate of drug-likeness (QED) is 0.270. The van der Waals surface area contributed by atoms with Gasteiger partial charge in [0.15, 0.2) is 0 Å². The Balaban J connectivity index is 1.52. The Labute approximate surface area is 218 Å².